The fourth-order valence-electron chi connectivity index (χ4n) is 6.70. The number of aromatic nitrogens is 4. The molecule has 2 heterocycles. The van der Waals surface area contributed by atoms with Gasteiger partial charge in [-0.2, -0.15) is 0 Å². The Hall–Kier alpha value is -7.43. The van der Waals surface area contributed by atoms with Crippen LogP contribution in [0.25, 0.3) is 95.0 Å². The normalized spacial score (nSPS) is 14.3. The monoisotopic (exact) mass is 714 g/mol. The smallest absolute Gasteiger partial charge is 0.164 e. The molecule has 0 aliphatic heterocycles. The van der Waals surface area contributed by atoms with Crippen molar-refractivity contribution in [2.75, 3.05) is 0 Å². The van der Waals surface area contributed by atoms with Gasteiger partial charge in [0.1, 0.15) is 0 Å². The van der Waals surface area contributed by atoms with Gasteiger partial charge in [0, 0.05) is 33.2 Å². The van der Waals surface area contributed by atoms with Crippen LogP contribution < -0.4 is 0 Å². The predicted molar refractivity (Wildman–Crippen MR) is 227 cm³/mol. The highest BCUT2D eigenvalue weighted by atomic mass is 15.0. The Bertz CT molecular complexity index is 3610. The van der Waals surface area contributed by atoms with E-state index in [0.29, 0.717) is 22.8 Å². The van der Waals surface area contributed by atoms with E-state index in [4.69, 9.17) is 27.3 Å². The van der Waals surface area contributed by atoms with E-state index in [0.717, 1.165) is 37.9 Å². The summed E-state index contributed by atoms with van der Waals surface area (Å²) in [7, 11) is 0. The zero-order chi connectivity index (χ0) is 47.0. The second-order valence-electron chi connectivity index (χ2n) is 12.8. The highest BCUT2D eigenvalue weighted by Gasteiger charge is 2.16. The molecule has 0 bridgehead atoms. The van der Waals surface area contributed by atoms with Crippen molar-refractivity contribution in [1.29, 1.82) is 0 Å². The molecule has 258 valence electrons. The Morgan fingerprint density at radius 3 is 1.47 bits per heavy atom. The molecule has 0 fully saturated rings. The molecule has 4 heteroatoms. The average Bonchev–Trinajstić information content (AvgIpc) is 3.72. The molecular weight excluding hydrogens is 669 g/mol. The number of fused-ring (bicyclic) bond motifs is 3. The third-order valence-electron chi connectivity index (χ3n) is 9.41. The Labute approximate surface area is 336 Å². The lowest BCUT2D eigenvalue weighted by molar-refractivity contribution is 1.07. The maximum Gasteiger partial charge on any atom is 0.164 e. The topological polar surface area (TPSA) is 43.6 Å². The molecule has 0 radical (unpaired) electrons. The Morgan fingerprint density at radius 1 is 0.345 bits per heavy atom. The summed E-state index contributed by atoms with van der Waals surface area (Å²) in [6.07, 6.45) is 0. The zero-order valence-corrected chi connectivity index (χ0v) is 29.0. The van der Waals surface area contributed by atoms with Crippen molar-refractivity contribution in [2.45, 2.75) is 0 Å². The van der Waals surface area contributed by atoms with Crippen molar-refractivity contribution in [3.8, 4) is 73.2 Å². The maximum absolute atomic E-state index is 9.68. The van der Waals surface area contributed by atoms with Crippen molar-refractivity contribution >= 4 is 21.8 Å². The van der Waals surface area contributed by atoms with Gasteiger partial charge in [0.2, 0.25) is 0 Å². The third-order valence-corrected chi connectivity index (χ3v) is 9.41. The molecule has 0 atom stereocenters. The van der Waals surface area contributed by atoms with Crippen molar-refractivity contribution < 1.29 is 16.4 Å². The number of hydrogen-bond donors (Lipinski definition) is 0. The van der Waals surface area contributed by atoms with Crippen LogP contribution in [0.1, 0.15) is 16.4 Å². The third kappa shape index (κ3) is 6.16. The number of rotatable bonds is 7. The molecule has 0 amide bonds. The number of hydrogen-bond acceptors (Lipinski definition) is 3. The summed E-state index contributed by atoms with van der Waals surface area (Å²) in [5, 5.41) is -0.354. The molecule has 0 aliphatic rings. The molecule has 0 unspecified atom stereocenters. The van der Waals surface area contributed by atoms with Crippen LogP contribution in [0.5, 0.6) is 0 Å². The summed E-state index contributed by atoms with van der Waals surface area (Å²) in [4.78, 5) is 14.7. The summed E-state index contributed by atoms with van der Waals surface area (Å²) in [6.45, 7) is 0. The van der Waals surface area contributed by atoms with Gasteiger partial charge in [-0.1, -0.05) is 170 Å². The summed E-state index contributed by atoms with van der Waals surface area (Å²) in [5.41, 5.74) is 5.45. The van der Waals surface area contributed by atoms with E-state index in [-0.39, 0.29) is 39.2 Å². The SMILES string of the molecule is [2H]c1c([2H])c([2H])c(-n2c3c([2H])c([2H])c([2H])c([2H])c3c3c([2H])c(-c4cccc(-c5nc(-c6ccccc6)nc(-c6ccc(-c7ccc(-c8ccccc8)cc7)cc6)n5)c4)c([2H])c([2H])c32)c([2H])c1[2H]. The number of para-hydroxylation sites is 2. The molecule has 0 saturated carbocycles. The van der Waals surface area contributed by atoms with E-state index in [1.165, 1.54) is 0 Å². The molecular formula is C51H34N4. The van der Waals surface area contributed by atoms with Crippen LogP contribution in [0.15, 0.2) is 206 Å². The van der Waals surface area contributed by atoms with Crippen LogP contribution >= 0.6 is 0 Å². The lowest BCUT2D eigenvalue weighted by atomic mass is 9.99. The Kier molecular flexibility index (Phi) is 5.52. The van der Waals surface area contributed by atoms with Crippen LogP contribution in [-0.4, -0.2) is 19.5 Å². The zero-order valence-electron chi connectivity index (χ0n) is 41.0. The van der Waals surface area contributed by atoms with Gasteiger partial charge < -0.3 is 4.57 Å². The van der Waals surface area contributed by atoms with Gasteiger partial charge in [-0.25, -0.2) is 15.0 Å². The first kappa shape index (κ1) is 21.9. The van der Waals surface area contributed by atoms with E-state index in [2.05, 4.69) is 36.4 Å². The molecule has 0 spiro atoms. The largest absolute Gasteiger partial charge is 0.309 e. The highest BCUT2D eigenvalue weighted by Crippen LogP contribution is 2.36. The summed E-state index contributed by atoms with van der Waals surface area (Å²) in [5.74, 6) is 1.08. The van der Waals surface area contributed by atoms with Gasteiger partial charge in [0.05, 0.1) is 27.5 Å². The second-order valence-corrected chi connectivity index (χ2v) is 12.8. The minimum atomic E-state index is -0.706. The lowest BCUT2D eigenvalue weighted by Gasteiger charge is -2.11. The molecule has 4 nitrogen and oxygen atoms in total. The average molecular weight is 715 g/mol. The molecule has 10 rings (SSSR count). The van der Waals surface area contributed by atoms with Gasteiger partial charge in [0.15, 0.2) is 17.5 Å². The van der Waals surface area contributed by atoms with Crippen molar-refractivity contribution in [3.63, 3.8) is 0 Å². The van der Waals surface area contributed by atoms with Crippen LogP contribution in [0.3, 0.4) is 0 Å². The molecule has 8 aromatic carbocycles. The van der Waals surface area contributed by atoms with Gasteiger partial charge >= 0.3 is 0 Å². The fraction of sp³-hybridized carbons (Fsp3) is 0. The van der Waals surface area contributed by atoms with Gasteiger partial charge in [-0.3, -0.25) is 0 Å². The first-order valence-corrected chi connectivity index (χ1v) is 17.5. The maximum atomic E-state index is 9.68. The van der Waals surface area contributed by atoms with Crippen molar-refractivity contribution in [3.05, 3.63) is 206 Å². The van der Waals surface area contributed by atoms with Gasteiger partial charge in [-0.15, -0.1) is 0 Å². The molecule has 2 aromatic heterocycles. The van der Waals surface area contributed by atoms with E-state index in [1.54, 1.807) is 24.3 Å². The number of benzene rings is 8. The minimum absolute atomic E-state index is 0.0446. The molecule has 0 saturated heterocycles. The van der Waals surface area contributed by atoms with E-state index < -0.39 is 72.2 Å². The molecule has 55 heavy (non-hydrogen) atoms. The molecule has 0 aliphatic carbocycles. The Balaban J connectivity index is 1.13. The van der Waals surface area contributed by atoms with Crippen LogP contribution in [0.2, 0.25) is 0 Å². The number of nitrogens with zero attached hydrogens (tertiary/aromatic N) is 4. The summed E-state index contributed by atoms with van der Waals surface area (Å²) < 4.78 is 107. The van der Waals surface area contributed by atoms with Crippen molar-refractivity contribution in [2.24, 2.45) is 0 Å². The van der Waals surface area contributed by atoms with Gasteiger partial charge in [-0.05, 0) is 69.7 Å². The Morgan fingerprint density at radius 2 is 0.818 bits per heavy atom. The van der Waals surface area contributed by atoms with Gasteiger partial charge in [0.25, 0.3) is 0 Å². The van der Waals surface area contributed by atoms with E-state index in [1.807, 2.05) is 72.8 Å². The first-order chi connectivity index (χ1) is 32.2. The standard InChI is InChI=1S/C51H34N4/c1-4-13-35(14-5-1)36-23-25-37(26-24-36)38-27-29-40(30-28-38)50-52-49(39-15-6-2-7-16-39)53-51(54-50)43-18-12-17-41(33-43)42-31-32-48-46(34-42)45-21-10-11-22-47(45)55(48)44-19-8-3-9-20-44/h1-34H/i3D,8D,9D,10D,11D,19D,20D,21D,22D,31D,32D,34D. The lowest BCUT2D eigenvalue weighted by Crippen LogP contribution is -2.00. The minimum Gasteiger partial charge on any atom is -0.309 e. The molecule has 0 N–H and O–H groups in total. The quantitative estimate of drug-likeness (QED) is 0.165. The second kappa shape index (κ2) is 13.8. The van der Waals surface area contributed by atoms with E-state index >= 15 is 0 Å². The summed E-state index contributed by atoms with van der Waals surface area (Å²) >= 11 is 0. The first-order valence-electron chi connectivity index (χ1n) is 23.5. The van der Waals surface area contributed by atoms with Crippen molar-refractivity contribution in [1.82, 2.24) is 19.5 Å². The highest BCUT2D eigenvalue weighted by molar-refractivity contribution is 6.10. The fourth-order valence-corrected chi connectivity index (χ4v) is 6.70. The van der Waals surface area contributed by atoms with Crippen LogP contribution in [-0.2, 0) is 0 Å². The van der Waals surface area contributed by atoms with Crippen LogP contribution in [0.4, 0.5) is 0 Å². The van der Waals surface area contributed by atoms with E-state index in [9.17, 15) is 4.11 Å². The molecule has 10 aromatic rings. The predicted octanol–water partition coefficient (Wildman–Crippen LogP) is 13.0. The van der Waals surface area contributed by atoms with Crippen LogP contribution in [0, 0.1) is 0 Å². The summed E-state index contributed by atoms with van der Waals surface area (Å²) in [6, 6.07) is 35.4.